The normalized spacial score (nSPS) is 10.3. The molecule has 20 heavy (non-hydrogen) atoms. The van der Waals surface area contributed by atoms with Crippen LogP contribution in [0.25, 0.3) is 0 Å². The van der Waals surface area contributed by atoms with Crippen LogP contribution >= 0.6 is 11.6 Å². The van der Waals surface area contributed by atoms with Crippen molar-refractivity contribution < 1.29 is 4.74 Å². The SMILES string of the molecule is Cc1cc(OCc2ccccc2Cl)c(C(=N)N)c(C)n1. The quantitative estimate of drug-likeness (QED) is 0.670. The van der Waals surface area contributed by atoms with E-state index in [9.17, 15) is 0 Å². The van der Waals surface area contributed by atoms with E-state index in [-0.39, 0.29) is 5.84 Å². The first-order valence-electron chi connectivity index (χ1n) is 6.18. The Hall–Kier alpha value is -2.07. The number of hydrogen-bond acceptors (Lipinski definition) is 3. The van der Waals surface area contributed by atoms with E-state index in [1.165, 1.54) is 0 Å². The van der Waals surface area contributed by atoms with Gasteiger partial charge >= 0.3 is 0 Å². The number of aryl methyl sites for hydroxylation is 2. The van der Waals surface area contributed by atoms with Crippen LogP contribution in [0.5, 0.6) is 5.75 Å². The Morgan fingerprint density at radius 3 is 2.70 bits per heavy atom. The molecule has 104 valence electrons. The van der Waals surface area contributed by atoms with E-state index in [1.54, 1.807) is 6.07 Å². The van der Waals surface area contributed by atoms with Crippen molar-refractivity contribution in [2.45, 2.75) is 20.5 Å². The number of pyridine rings is 1. The minimum Gasteiger partial charge on any atom is -0.488 e. The zero-order chi connectivity index (χ0) is 14.7. The number of nitrogens with zero attached hydrogens (tertiary/aromatic N) is 1. The first kappa shape index (κ1) is 14.3. The van der Waals surface area contributed by atoms with Crippen LogP contribution < -0.4 is 10.5 Å². The van der Waals surface area contributed by atoms with Gasteiger partial charge in [-0.15, -0.1) is 0 Å². The molecule has 1 heterocycles. The maximum absolute atomic E-state index is 7.64. The van der Waals surface area contributed by atoms with Crippen LogP contribution in [-0.2, 0) is 6.61 Å². The van der Waals surface area contributed by atoms with Crippen molar-refractivity contribution in [2.75, 3.05) is 0 Å². The first-order valence-corrected chi connectivity index (χ1v) is 6.55. The predicted octanol–water partition coefficient (Wildman–Crippen LogP) is 3.21. The Kier molecular flexibility index (Phi) is 4.25. The number of halogens is 1. The number of nitrogens with one attached hydrogen (secondary N) is 1. The van der Waals surface area contributed by atoms with Crippen LogP contribution in [0, 0.1) is 19.3 Å². The molecule has 0 spiro atoms. The maximum Gasteiger partial charge on any atom is 0.134 e. The summed E-state index contributed by atoms with van der Waals surface area (Å²) < 4.78 is 5.78. The Labute approximate surface area is 123 Å². The molecule has 0 saturated carbocycles. The van der Waals surface area contributed by atoms with Gasteiger partial charge in [0.25, 0.3) is 0 Å². The number of nitrogens with two attached hydrogens (primary N) is 1. The lowest BCUT2D eigenvalue weighted by atomic mass is 10.1. The summed E-state index contributed by atoms with van der Waals surface area (Å²) in [6.07, 6.45) is 0. The van der Waals surface area contributed by atoms with Gasteiger partial charge in [-0.2, -0.15) is 0 Å². The molecule has 0 radical (unpaired) electrons. The Balaban J connectivity index is 2.30. The van der Waals surface area contributed by atoms with Crippen LogP contribution in [0.4, 0.5) is 0 Å². The molecule has 0 aliphatic heterocycles. The van der Waals surface area contributed by atoms with E-state index in [0.29, 0.717) is 28.6 Å². The highest BCUT2D eigenvalue weighted by Crippen LogP contribution is 2.24. The molecule has 4 nitrogen and oxygen atoms in total. The van der Waals surface area contributed by atoms with Crippen molar-refractivity contribution in [1.29, 1.82) is 5.41 Å². The molecule has 0 amide bonds. The molecule has 2 rings (SSSR count). The minimum atomic E-state index is -0.0517. The van der Waals surface area contributed by atoms with E-state index >= 15 is 0 Å². The Morgan fingerprint density at radius 2 is 2.05 bits per heavy atom. The smallest absolute Gasteiger partial charge is 0.134 e. The molecule has 0 aliphatic carbocycles. The number of aromatic nitrogens is 1. The summed E-state index contributed by atoms with van der Waals surface area (Å²) in [5, 5.41) is 8.30. The molecular weight excluding hydrogens is 274 g/mol. The van der Waals surface area contributed by atoms with Gasteiger partial charge in [0.05, 0.1) is 11.3 Å². The standard InChI is InChI=1S/C15H16ClN3O/c1-9-7-13(14(15(17)18)10(2)19-9)20-8-11-5-3-4-6-12(11)16/h3-7H,8H2,1-2H3,(H3,17,18). The van der Waals surface area contributed by atoms with Crippen LogP contribution in [0.15, 0.2) is 30.3 Å². The zero-order valence-electron chi connectivity index (χ0n) is 11.4. The van der Waals surface area contributed by atoms with Crippen molar-refractivity contribution >= 4 is 17.4 Å². The van der Waals surface area contributed by atoms with E-state index in [4.69, 9.17) is 27.5 Å². The van der Waals surface area contributed by atoms with Gasteiger partial charge in [-0.3, -0.25) is 10.4 Å². The molecule has 0 aliphatic rings. The summed E-state index contributed by atoms with van der Waals surface area (Å²) in [5.41, 5.74) is 8.52. The number of amidine groups is 1. The lowest BCUT2D eigenvalue weighted by Crippen LogP contribution is -2.16. The van der Waals surface area contributed by atoms with Crippen molar-refractivity contribution in [3.05, 3.63) is 57.9 Å². The topological polar surface area (TPSA) is 72.0 Å². The highest BCUT2D eigenvalue weighted by molar-refractivity contribution is 6.31. The zero-order valence-corrected chi connectivity index (χ0v) is 12.2. The summed E-state index contributed by atoms with van der Waals surface area (Å²) in [6, 6.07) is 9.26. The molecule has 3 N–H and O–H groups in total. The fourth-order valence-electron chi connectivity index (χ4n) is 2.01. The third kappa shape index (κ3) is 3.08. The van der Waals surface area contributed by atoms with E-state index in [1.807, 2.05) is 38.1 Å². The van der Waals surface area contributed by atoms with Gasteiger partial charge in [-0.1, -0.05) is 29.8 Å². The van der Waals surface area contributed by atoms with Gasteiger partial charge in [-0.25, -0.2) is 0 Å². The lowest BCUT2D eigenvalue weighted by Gasteiger charge is -2.14. The molecule has 0 bridgehead atoms. The summed E-state index contributed by atoms with van der Waals surface area (Å²) in [6.45, 7) is 4.01. The number of benzene rings is 1. The highest BCUT2D eigenvalue weighted by Gasteiger charge is 2.13. The molecule has 2 aromatic rings. The van der Waals surface area contributed by atoms with Crippen LogP contribution in [0.3, 0.4) is 0 Å². The number of nitrogen functional groups attached to an aromatic ring is 1. The second-order valence-electron chi connectivity index (χ2n) is 4.52. The summed E-state index contributed by atoms with van der Waals surface area (Å²) in [4.78, 5) is 4.30. The molecule has 0 fully saturated rings. The molecule has 1 aromatic carbocycles. The third-order valence-corrected chi connectivity index (χ3v) is 3.27. The van der Waals surface area contributed by atoms with Gasteiger partial charge in [0.15, 0.2) is 0 Å². The molecule has 1 aromatic heterocycles. The van der Waals surface area contributed by atoms with Gasteiger partial charge < -0.3 is 10.5 Å². The summed E-state index contributed by atoms with van der Waals surface area (Å²) >= 11 is 6.10. The number of hydrogen-bond donors (Lipinski definition) is 2. The number of ether oxygens (including phenoxy) is 1. The van der Waals surface area contributed by atoms with Crippen LogP contribution in [-0.4, -0.2) is 10.8 Å². The summed E-state index contributed by atoms with van der Waals surface area (Å²) in [5.74, 6) is 0.506. The van der Waals surface area contributed by atoms with E-state index in [0.717, 1.165) is 11.3 Å². The van der Waals surface area contributed by atoms with E-state index in [2.05, 4.69) is 4.98 Å². The van der Waals surface area contributed by atoms with Gasteiger partial charge in [0, 0.05) is 22.3 Å². The monoisotopic (exact) mass is 289 g/mol. The fraction of sp³-hybridized carbons (Fsp3) is 0.200. The number of rotatable bonds is 4. The maximum atomic E-state index is 7.64. The van der Waals surface area contributed by atoms with Crippen molar-refractivity contribution in [3.63, 3.8) is 0 Å². The van der Waals surface area contributed by atoms with Gasteiger partial charge in [0.1, 0.15) is 18.2 Å². The first-order chi connectivity index (χ1) is 9.49. The second kappa shape index (κ2) is 5.92. The molecule has 5 heteroatoms. The van der Waals surface area contributed by atoms with Crippen molar-refractivity contribution in [1.82, 2.24) is 4.98 Å². The summed E-state index contributed by atoms with van der Waals surface area (Å²) in [7, 11) is 0. The molecular formula is C15H16ClN3O. The fourth-order valence-corrected chi connectivity index (χ4v) is 2.20. The predicted molar refractivity (Wildman–Crippen MR) is 80.5 cm³/mol. The van der Waals surface area contributed by atoms with Gasteiger partial charge in [0.2, 0.25) is 0 Å². The van der Waals surface area contributed by atoms with Crippen LogP contribution in [0.1, 0.15) is 22.5 Å². The van der Waals surface area contributed by atoms with Crippen molar-refractivity contribution in [2.24, 2.45) is 5.73 Å². The van der Waals surface area contributed by atoms with Crippen molar-refractivity contribution in [3.8, 4) is 5.75 Å². The molecule has 0 atom stereocenters. The lowest BCUT2D eigenvalue weighted by molar-refractivity contribution is 0.305. The Bertz CT molecular complexity index is 656. The average molecular weight is 290 g/mol. The third-order valence-electron chi connectivity index (χ3n) is 2.90. The minimum absolute atomic E-state index is 0.0517. The second-order valence-corrected chi connectivity index (χ2v) is 4.92. The Morgan fingerprint density at radius 1 is 1.35 bits per heavy atom. The van der Waals surface area contributed by atoms with E-state index < -0.39 is 0 Å². The van der Waals surface area contributed by atoms with Gasteiger partial charge in [-0.05, 0) is 19.9 Å². The largest absolute Gasteiger partial charge is 0.488 e. The molecule has 0 saturated heterocycles. The average Bonchev–Trinajstić information content (AvgIpc) is 2.36. The molecule has 0 unspecified atom stereocenters. The highest BCUT2D eigenvalue weighted by atomic mass is 35.5. The van der Waals surface area contributed by atoms with Crippen LogP contribution in [0.2, 0.25) is 5.02 Å².